The zero-order valence-corrected chi connectivity index (χ0v) is 12.9. The molecule has 5 nitrogen and oxygen atoms in total. The molecular weight excluding hydrogens is 284 g/mol. The molecule has 0 radical (unpaired) electrons. The lowest BCUT2D eigenvalue weighted by atomic mass is 10.1. The van der Waals surface area contributed by atoms with Crippen LogP contribution in [0.15, 0.2) is 24.5 Å². The molecule has 1 amide bonds. The number of hydrogen-bond acceptors (Lipinski definition) is 4. The molecule has 1 aliphatic rings. The molecule has 0 saturated carbocycles. The molecule has 0 atom stereocenters. The number of piperidine rings is 1. The minimum Gasteiger partial charge on any atom is -0.346 e. The second kappa shape index (κ2) is 6.41. The monoisotopic (exact) mass is 304 g/mol. The van der Waals surface area contributed by atoms with E-state index in [-0.39, 0.29) is 5.91 Å². The molecule has 112 valence electrons. The number of nitrogens with zero attached hydrogens (tertiary/aromatic N) is 2. The smallest absolute Gasteiger partial charge is 0.268 e. The van der Waals surface area contributed by atoms with Gasteiger partial charge in [-0.2, -0.15) is 0 Å². The van der Waals surface area contributed by atoms with Crippen molar-refractivity contribution in [3.05, 3.63) is 40.1 Å². The maximum absolute atomic E-state index is 12.4. The Hall–Kier alpha value is -1.66. The summed E-state index contributed by atoms with van der Waals surface area (Å²) in [5.41, 5.74) is 0.753. The van der Waals surface area contributed by atoms with Crippen molar-refractivity contribution in [2.75, 3.05) is 13.1 Å². The van der Waals surface area contributed by atoms with Gasteiger partial charge in [-0.25, -0.2) is 4.98 Å². The molecule has 1 fully saturated rings. The standard InChI is InChI=1S/C15H20N4OS/c1-11-17-9-13(21-11)10-18-15(20)14-3-2-8-19(14)12-4-6-16-7-5-12/h2-3,8-9,12,16H,4-7,10H2,1H3,(H,18,20). The predicted molar refractivity (Wildman–Crippen MR) is 83.6 cm³/mol. The van der Waals surface area contributed by atoms with Crippen LogP contribution in [0.3, 0.4) is 0 Å². The fourth-order valence-corrected chi connectivity index (χ4v) is 3.47. The molecule has 1 aliphatic heterocycles. The van der Waals surface area contributed by atoms with Crippen LogP contribution in [0.25, 0.3) is 0 Å². The van der Waals surface area contributed by atoms with Crippen LogP contribution in [0.5, 0.6) is 0 Å². The summed E-state index contributed by atoms with van der Waals surface area (Å²) in [6.07, 6.45) is 5.99. The Morgan fingerprint density at radius 1 is 1.52 bits per heavy atom. The maximum Gasteiger partial charge on any atom is 0.268 e. The first kappa shape index (κ1) is 14.3. The van der Waals surface area contributed by atoms with E-state index >= 15 is 0 Å². The third kappa shape index (κ3) is 3.33. The zero-order chi connectivity index (χ0) is 14.7. The lowest BCUT2D eigenvalue weighted by Gasteiger charge is -2.25. The third-order valence-electron chi connectivity index (χ3n) is 3.81. The average molecular weight is 304 g/mol. The number of aromatic nitrogens is 2. The van der Waals surface area contributed by atoms with Crippen LogP contribution in [0.2, 0.25) is 0 Å². The second-order valence-electron chi connectivity index (χ2n) is 5.31. The highest BCUT2D eigenvalue weighted by Crippen LogP contribution is 2.21. The summed E-state index contributed by atoms with van der Waals surface area (Å²) in [6.45, 7) is 4.55. The van der Waals surface area contributed by atoms with Crippen LogP contribution in [-0.2, 0) is 6.54 Å². The van der Waals surface area contributed by atoms with Gasteiger partial charge in [-0.1, -0.05) is 0 Å². The molecule has 0 aliphatic carbocycles. The summed E-state index contributed by atoms with van der Waals surface area (Å²) in [6, 6.07) is 4.27. The van der Waals surface area contributed by atoms with Crippen molar-refractivity contribution in [2.24, 2.45) is 0 Å². The van der Waals surface area contributed by atoms with Crippen LogP contribution < -0.4 is 10.6 Å². The molecule has 2 N–H and O–H groups in total. The van der Waals surface area contributed by atoms with Crippen molar-refractivity contribution in [2.45, 2.75) is 32.4 Å². The molecule has 0 aromatic carbocycles. The van der Waals surface area contributed by atoms with Gasteiger partial charge in [0, 0.05) is 23.3 Å². The van der Waals surface area contributed by atoms with Gasteiger partial charge in [-0.05, 0) is 45.0 Å². The number of thiazole rings is 1. The Balaban J connectivity index is 1.65. The van der Waals surface area contributed by atoms with Gasteiger partial charge in [0.2, 0.25) is 0 Å². The van der Waals surface area contributed by atoms with Gasteiger partial charge in [0.1, 0.15) is 5.69 Å². The number of nitrogens with one attached hydrogen (secondary N) is 2. The highest BCUT2D eigenvalue weighted by atomic mass is 32.1. The van der Waals surface area contributed by atoms with Crippen LogP contribution in [0.1, 0.15) is 39.3 Å². The molecule has 0 spiro atoms. The van der Waals surface area contributed by atoms with Gasteiger partial charge in [-0.3, -0.25) is 4.79 Å². The van der Waals surface area contributed by atoms with E-state index in [0.717, 1.165) is 41.5 Å². The van der Waals surface area contributed by atoms with Gasteiger partial charge < -0.3 is 15.2 Å². The van der Waals surface area contributed by atoms with E-state index in [2.05, 4.69) is 20.2 Å². The van der Waals surface area contributed by atoms with E-state index in [9.17, 15) is 4.79 Å². The molecule has 3 heterocycles. The lowest BCUT2D eigenvalue weighted by Crippen LogP contribution is -2.32. The minimum absolute atomic E-state index is 0.00964. The number of carbonyl (C=O) groups is 1. The van der Waals surface area contributed by atoms with Gasteiger partial charge in [0.05, 0.1) is 11.6 Å². The van der Waals surface area contributed by atoms with Crippen LogP contribution in [0.4, 0.5) is 0 Å². The zero-order valence-electron chi connectivity index (χ0n) is 12.1. The maximum atomic E-state index is 12.4. The Morgan fingerprint density at radius 2 is 2.33 bits per heavy atom. The fraction of sp³-hybridized carbons (Fsp3) is 0.467. The number of amides is 1. The molecule has 0 bridgehead atoms. The summed E-state index contributed by atoms with van der Waals surface area (Å²) in [4.78, 5) is 17.7. The molecule has 2 aromatic heterocycles. The van der Waals surface area contributed by atoms with E-state index in [1.165, 1.54) is 0 Å². The number of hydrogen-bond donors (Lipinski definition) is 2. The molecule has 0 unspecified atom stereocenters. The Kier molecular flexibility index (Phi) is 4.36. The SMILES string of the molecule is Cc1ncc(CNC(=O)c2cccn2C2CCNCC2)s1. The highest BCUT2D eigenvalue weighted by Gasteiger charge is 2.19. The summed E-state index contributed by atoms with van der Waals surface area (Å²) < 4.78 is 2.12. The Morgan fingerprint density at radius 3 is 3.05 bits per heavy atom. The summed E-state index contributed by atoms with van der Waals surface area (Å²) in [5, 5.41) is 7.37. The van der Waals surface area contributed by atoms with E-state index in [0.29, 0.717) is 12.6 Å². The van der Waals surface area contributed by atoms with E-state index < -0.39 is 0 Å². The molecule has 6 heteroatoms. The van der Waals surface area contributed by atoms with Crippen LogP contribution in [0, 0.1) is 6.92 Å². The van der Waals surface area contributed by atoms with E-state index in [1.54, 1.807) is 11.3 Å². The average Bonchev–Trinajstić information content (AvgIpc) is 3.14. The van der Waals surface area contributed by atoms with Crippen molar-refractivity contribution in [1.82, 2.24) is 20.2 Å². The molecule has 21 heavy (non-hydrogen) atoms. The largest absolute Gasteiger partial charge is 0.346 e. The van der Waals surface area contributed by atoms with Gasteiger partial charge in [0.15, 0.2) is 0 Å². The first-order chi connectivity index (χ1) is 10.2. The van der Waals surface area contributed by atoms with Crippen molar-refractivity contribution in [3.8, 4) is 0 Å². The first-order valence-corrected chi connectivity index (χ1v) is 8.13. The minimum atomic E-state index is -0.00964. The third-order valence-corrected chi connectivity index (χ3v) is 4.72. The quantitative estimate of drug-likeness (QED) is 0.909. The fourth-order valence-electron chi connectivity index (χ4n) is 2.73. The number of aryl methyl sites for hydroxylation is 1. The van der Waals surface area contributed by atoms with Crippen molar-refractivity contribution in [1.29, 1.82) is 0 Å². The van der Waals surface area contributed by atoms with Gasteiger partial charge in [-0.15, -0.1) is 11.3 Å². The molecule has 1 saturated heterocycles. The summed E-state index contributed by atoms with van der Waals surface area (Å²) in [5.74, 6) is -0.00964. The summed E-state index contributed by atoms with van der Waals surface area (Å²) >= 11 is 1.62. The molecule has 3 rings (SSSR count). The molecule has 2 aromatic rings. The predicted octanol–water partition coefficient (Wildman–Crippen LogP) is 2.11. The van der Waals surface area contributed by atoms with Crippen molar-refractivity contribution in [3.63, 3.8) is 0 Å². The number of rotatable bonds is 4. The van der Waals surface area contributed by atoms with Crippen molar-refractivity contribution >= 4 is 17.2 Å². The van der Waals surface area contributed by atoms with E-state index in [4.69, 9.17) is 0 Å². The Labute approximate surface area is 128 Å². The summed E-state index contributed by atoms with van der Waals surface area (Å²) in [7, 11) is 0. The normalized spacial score (nSPS) is 16.0. The molecular formula is C15H20N4OS. The van der Waals surface area contributed by atoms with E-state index in [1.807, 2.05) is 31.5 Å². The Bertz CT molecular complexity index is 613. The second-order valence-corrected chi connectivity index (χ2v) is 6.63. The lowest BCUT2D eigenvalue weighted by molar-refractivity contribution is 0.0938. The van der Waals surface area contributed by atoms with Crippen LogP contribution in [-0.4, -0.2) is 28.5 Å². The topological polar surface area (TPSA) is 59.0 Å². The van der Waals surface area contributed by atoms with Gasteiger partial charge in [0.25, 0.3) is 5.91 Å². The van der Waals surface area contributed by atoms with Crippen LogP contribution >= 0.6 is 11.3 Å². The van der Waals surface area contributed by atoms with Gasteiger partial charge >= 0.3 is 0 Å². The highest BCUT2D eigenvalue weighted by molar-refractivity contribution is 7.11. The first-order valence-electron chi connectivity index (χ1n) is 7.31. The van der Waals surface area contributed by atoms with Crippen molar-refractivity contribution < 1.29 is 4.79 Å². The number of carbonyl (C=O) groups excluding carboxylic acids is 1.